The molecule has 0 atom stereocenters. The summed E-state index contributed by atoms with van der Waals surface area (Å²) in [6, 6.07) is 26.1. The minimum Gasteiger partial charge on any atom is -0.507 e. The minimum atomic E-state index is 0. The van der Waals surface area contributed by atoms with Crippen LogP contribution in [0.3, 0.4) is 0 Å². The van der Waals surface area contributed by atoms with Crippen molar-refractivity contribution in [3.05, 3.63) is 84.9 Å². The molecule has 0 unspecified atom stereocenters. The number of para-hydroxylation sites is 2. The van der Waals surface area contributed by atoms with Crippen molar-refractivity contribution in [2.45, 2.75) is 0 Å². The Morgan fingerprint density at radius 3 is 1.29 bits per heavy atom. The van der Waals surface area contributed by atoms with E-state index >= 15 is 0 Å². The first kappa shape index (κ1) is 22.8. The smallest absolute Gasteiger partial charge is 0.124 e. The maximum atomic E-state index is 10.2. The van der Waals surface area contributed by atoms with E-state index in [0.717, 1.165) is 21.8 Å². The number of aromatic hydroxyl groups is 2. The molecule has 31 heavy (non-hydrogen) atoms. The van der Waals surface area contributed by atoms with Gasteiger partial charge < -0.3 is 10.2 Å². The Bertz CT molecular complexity index is 1250. The van der Waals surface area contributed by atoms with Gasteiger partial charge in [-0.1, -0.05) is 48.5 Å². The first-order valence-electron chi connectivity index (χ1n) is 9.43. The molecule has 0 aliphatic heterocycles. The van der Waals surface area contributed by atoms with Crippen LogP contribution < -0.4 is 0 Å². The molecule has 4 nitrogen and oxygen atoms in total. The third-order valence-electron chi connectivity index (χ3n) is 4.88. The van der Waals surface area contributed by atoms with Crippen molar-refractivity contribution in [3.63, 3.8) is 0 Å². The van der Waals surface area contributed by atoms with Gasteiger partial charge in [-0.05, 0) is 42.7 Å². The first-order chi connectivity index (χ1) is 14.7. The molecule has 0 aliphatic carbocycles. The van der Waals surface area contributed by atoms with E-state index in [4.69, 9.17) is 9.97 Å². The predicted octanol–water partition coefficient (Wildman–Crippen LogP) is 6.07. The van der Waals surface area contributed by atoms with Crippen molar-refractivity contribution in [1.82, 2.24) is 9.97 Å². The Morgan fingerprint density at radius 2 is 0.903 bits per heavy atom. The van der Waals surface area contributed by atoms with Gasteiger partial charge in [0.1, 0.15) is 11.5 Å². The Morgan fingerprint density at radius 1 is 0.548 bits per heavy atom. The first-order valence-corrected chi connectivity index (χ1v) is 10.3. The summed E-state index contributed by atoms with van der Waals surface area (Å²) in [7, 11) is 0. The molecule has 6 heteroatoms. The topological polar surface area (TPSA) is 66.2 Å². The Balaban J connectivity index is 0.000000883. The second kappa shape index (κ2) is 9.95. The number of phenolic OH excluding ortho intramolecular Hbond substituents is 2. The number of thiol groups is 1. The third-order valence-corrected chi connectivity index (χ3v) is 4.88. The van der Waals surface area contributed by atoms with Gasteiger partial charge in [-0.3, -0.25) is 0 Å². The third kappa shape index (κ3) is 4.43. The van der Waals surface area contributed by atoms with Crippen molar-refractivity contribution in [2.24, 2.45) is 0 Å². The van der Waals surface area contributed by atoms with Gasteiger partial charge in [0.25, 0.3) is 0 Å². The molecule has 0 amide bonds. The molecule has 2 N–H and O–H groups in total. The number of hydrogen-bond acceptors (Lipinski definition) is 5. The molecule has 158 valence electrons. The molecule has 0 aliphatic rings. The number of rotatable bonds is 2. The van der Waals surface area contributed by atoms with Crippen LogP contribution in [0.2, 0.25) is 0 Å². The number of nitrogens with zero attached hydrogens (tertiary/aromatic N) is 2. The normalized spacial score (nSPS) is 10.3. The summed E-state index contributed by atoms with van der Waals surface area (Å²) >= 11 is 3.53. The summed E-state index contributed by atoms with van der Waals surface area (Å²) in [5.74, 6) is 0.384. The molecule has 0 bridgehead atoms. The predicted molar refractivity (Wildman–Crippen MR) is 126 cm³/mol. The minimum absolute atomic E-state index is 0. The van der Waals surface area contributed by atoms with Gasteiger partial charge in [-0.25, -0.2) is 9.97 Å². The monoisotopic (exact) mass is 607 g/mol. The van der Waals surface area contributed by atoms with Gasteiger partial charge in [-0.15, -0.1) is 0 Å². The summed E-state index contributed by atoms with van der Waals surface area (Å²) in [4.78, 5) is 9.61. The fourth-order valence-corrected chi connectivity index (χ4v) is 3.45. The molecule has 5 aromatic rings. The fraction of sp³-hybridized carbons (Fsp3) is 0.0400. The molecule has 0 fully saturated rings. The van der Waals surface area contributed by atoms with Gasteiger partial charge in [0.05, 0.1) is 22.4 Å². The van der Waals surface area contributed by atoms with Crippen LogP contribution in [0.1, 0.15) is 0 Å². The molecular weight excluding hydrogens is 587 g/mol. The molecule has 0 saturated heterocycles. The molecule has 3 aromatic carbocycles. The van der Waals surface area contributed by atoms with E-state index in [1.54, 1.807) is 30.5 Å². The van der Waals surface area contributed by atoms with Crippen LogP contribution in [-0.2, 0) is 21.1 Å². The van der Waals surface area contributed by atoms with Crippen LogP contribution in [0.4, 0.5) is 0 Å². The maximum Gasteiger partial charge on any atom is 0.124 e. The van der Waals surface area contributed by atoms with Crippen molar-refractivity contribution in [2.75, 3.05) is 6.26 Å². The standard InChI is InChI=1S/C24H16N2O2.CH4S.Pt/c27-21-7-3-1-5-17(21)19-13-11-15-9-10-16-12-14-20(26-24(16)23(15)25-19)18-6-2-4-8-22(18)28;1-2;/h1-14,27-28H;2H,1H3;. The molecule has 2 aromatic heterocycles. The van der Waals surface area contributed by atoms with E-state index in [-0.39, 0.29) is 32.6 Å². The van der Waals surface area contributed by atoms with Gasteiger partial charge in [0.15, 0.2) is 0 Å². The molecule has 5 rings (SSSR count). The van der Waals surface area contributed by atoms with Crippen LogP contribution in [0.15, 0.2) is 84.9 Å². The number of benzene rings is 3. The number of phenols is 2. The van der Waals surface area contributed by atoms with Crippen LogP contribution in [0.25, 0.3) is 44.3 Å². The van der Waals surface area contributed by atoms with Gasteiger partial charge in [0.2, 0.25) is 0 Å². The quantitative estimate of drug-likeness (QED) is 0.168. The second-order valence-electron chi connectivity index (χ2n) is 6.64. The largest absolute Gasteiger partial charge is 0.507 e. The number of hydrogen-bond donors (Lipinski definition) is 3. The van der Waals surface area contributed by atoms with Crippen molar-refractivity contribution in [3.8, 4) is 34.0 Å². The van der Waals surface area contributed by atoms with E-state index in [0.29, 0.717) is 22.5 Å². The Hall–Kier alpha value is -2.88. The average Bonchev–Trinajstić information content (AvgIpc) is 2.80. The van der Waals surface area contributed by atoms with Crippen LogP contribution in [0.5, 0.6) is 11.5 Å². The van der Waals surface area contributed by atoms with Crippen molar-refractivity contribution >= 4 is 34.4 Å². The summed E-state index contributed by atoms with van der Waals surface area (Å²) in [5.41, 5.74) is 4.25. The molecular formula is C25H20N2O2PtS. The van der Waals surface area contributed by atoms with Gasteiger partial charge in [0, 0.05) is 43.0 Å². The van der Waals surface area contributed by atoms with Crippen molar-refractivity contribution < 1.29 is 31.3 Å². The van der Waals surface area contributed by atoms with Crippen LogP contribution in [0, 0.1) is 0 Å². The van der Waals surface area contributed by atoms with E-state index in [9.17, 15) is 10.2 Å². The Labute approximate surface area is 200 Å². The number of fused-ring (bicyclic) bond motifs is 3. The molecule has 0 saturated carbocycles. The van der Waals surface area contributed by atoms with E-state index in [2.05, 4.69) is 12.6 Å². The summed E-state index contributed by atoms with van der Waals surface area (Å²) in [6.07, 6.45) is 1.69. The zero-order valence-corrected chi connectivity index (χ0v) is 19.8. The average molecular weight is 608 g/mol. The Kier molecular flexibility index (Phi) is 7.32. The molecule has 0 radical (unpaired) electrons. The van der Waals surface area contributed by atoms with Crippen LogP contribution in [-0.4, -0.2) is 26.4 Å². The molecule has 0 spiro atoms. The number of aromatic nitrogens is 2. The van der Waals surface area contributed by atoms with E-state index in [1.165, 1.54) is 0 Å². The van der Waals surface area contributed by atoms with Gasteiger partial charge in [-0.2, -0.15) is 12.6 Å². The van der Waals surface area contributed by atoms with Crippen LogP contribution >= 0.6 is 12.6 Å². The van der Waals surface area contributed by atoms with Crippen molar-refractivity contribution in [1.29, 1.82) is 0 Å². The van der Waals surface area contributed by atoms with E-state index < -0.39 is 0 Å². The van der Waals surface area contributed by atoms with Gasteiger partial charge >= 0.3 is 0 Å². The van der Waals surface area contributed by atoms with E-state index in [1.807, 2.05) is 60.7 Å². The fourth-order valence-electron chi connectivity index (χ4n) is 3.45. The maximum absolute atomic E-state index is 10.2. The number of pyridine rings is 2. The summed E-state index contributed by atoms with van der Waals surface area (Å²) in [6.45, 7) is 0. The zero-order valence-electron chi connectivity index (χ0n) is 16.6. The summed E-state index contributed by atoms with van der Waals surface area (Å²) in [5, 5.41) is 22.3. The summed E-state index contributed by atoms with van der Waals surface area (Å²) < 4.78 is 0. The second-order valence-corrected chi connectivity index (χ2v) is 6.64. The molecule has 2 heterocycles. The SMILES string of the molecule is CS.Oc1ccccc1-c1ccc2ccc3ccc(-c4ccccc4O)nc3c2n1.[Pt]. The zero-order chi connectivity index (χ0) is 21.1.